The van der Waals surface area contributed by atoms with E-state index < -0.39 is 11.9 Å². The summed E-state index contributed by atoms with van der Waals surface area (Å²) in [6, 6.07) is 3.57. The van der Waals surface area contributed by atoms with Gasteiger partial charge >= 0.3 is 5.97 Å². The van der Waals surface area contributed by atoms with Crippen LogP contribution in [0.4, 0.5) is 0 Å². The number of hydrogen-bond acceptors (Lipinski definition) is 3. The van der Waals surface area contributed by atoms with Crippen LogP contribution in [0, 0.1) is 0 Å². The molecule has 0 aliphatic heterocycles. The van der Waals surface area contributed by atoms with Gasteiger partial charge in [-0.05, 0) is 12.1 Å². The molecule has 1 aromatic rings. The lowest BCUT2D eigenvalue weighted by Gasteiger charge is -1.98. The van der Waals surface area contributed by atoms with Gasteiger partial charge in [-0.1, -0.05) is 0 Å². The van der Waals surface area contributed by atoms with E-state index in [2.05, 4.69) is 5.32 Å². The number of aliphatic carboxylic acids is 1. The van der Waals surface area contributed by atoms with E-state index >= 15 is 0 Å². The van der Waals surface area contributed by atoms with E-state index in [1.54, 1.807) is 18.4 Å². The summed E-state index contributed by atoms with van der Waals surface area (Å²) in [4.78, 5) is 21.1. The Labute approximate surface area is 86.4 Å². The zero-order valence-electron chi connectivity index (χ0n) is 7.97. The monoisotopic (exact) mass is 209 g/mol. The third-order valence-corrected chi connectivity index (χ3v) is 1.63. The van der Waals surface area contributed by atoms with Crippen molar-refractivity contribution in [1.82, 2.24) is 5.32 Å². The van der Waals surface area contributed by atoms with Gasteiger partial charge < -0.3 is 14.8 Å². The minimum atomic E-state index is -1.14. The molecule has 5 nitrogen and oxygen atoms in total. The molecule has 15 heavy (non-hydrogen) atoms. The lowest BCUT2D eigenvalue weighted by Crippen LogP contribution is -2.23. The molecule has 0 fully saturated rings. The van der Waals surface area contributed by atoms with E-state index in [0.29, 0.717) is 13.0 Å². The SMILES string of the molecule is O=C(O)/C=C/C(=O)NCCc1ccco1. The molecule has 0 unspecified atom stereocenters. The number of hydrogen-bond donors (Lipinski definition) is 2. The summed E-state index contributed by atoms with van der Waals surface area (Å²) in [6.45, 7) is 0.413. The number of furan rings is 1. The molecule has 0 atom stereocenters. The largest absolute Gasteiger partial charge is 0.478 e. The molecule has 1 heterocycles. The number of rotatable bonds is 5. The number of nitrogens with one attached hydrogen (secondary N) is 1. The fraction of sp³-hybridized carbons (Fsp3) is 0.200. The van der Waals surface area contributed by atoms with E-state index in [1.807, 2.05) is 0 Å². The first-order valence-electron chi connectivity index (χ1n) is 4.39. The van der Waals surface area contributed by atoms with Crippen LogP contribution in [-0.4, -0.2) is 23.5 Å². The molecule has 0 saturated heterocycles. The van der Waals surface area contributed by atoms with E-state index in [9.17, 15) is 9.59 Å². The molecule has 80 valence electrons. The van der Waals surface area contributed by atoms with Crippen molar-refractivity contribution in [2.75, 3.05) is 6.54 Å². The Hall–Kier alpha value is -2.04. The molecule has 2 N–H and O–H groups in total. The van der Waals surface area contributed by atoms with Gasteiger partial charge in [0.05, 0.1) is 6.26 Å². The zero-order chi connectivity index (χ0) is 11.1. The van der Waals surface area contributed by atoms with Crippen molar-refractivity contribution >= 4 is 11.9 Å². The Balaban J connectivity index is 2.20. The first-order chi connectivity index (χ1) is 7.18. The van der Waals surface area contributed by atoms with Crippen LogP contribution in [0.15, 0.2) is 35.0 Å². The molecular formula is C10H11NO4. The summed E-state index contributed by atoms with van der Waals surface area (Å²) < 4.78 is 5.05. The molecule has 0 radical (unpaired) electrons. The summed E-state index contributed by atoms with van der Waals surface area (Å²) >= 11 is 0. The van der Waals surface area contributed by atoms with E-state index in [1.165, 1.54) is 0 Å². The normalized spacial score (nSPS) is 10.4. The van der Waals surface area contributed by atoms with Crippen molar-refractivity contribution in [2.24, 2.45) is 0 Å². The minimum absolute atomic E-state index is 0.413. The summed E-state index contributed by atoms with van der Waals surface area (Å²) in [5, 5.41) is 10.8. The lowest BCUT2D eigenvalue weighted by atomic mass is 10.3. The number of amides is 1. The maximum Gasteiger partial charge on any atom is 0.328 e. The molecule has 1 rings (SSSR count). The van der Waals surface area contributed by atoms with Gasteiger partial charge in [-0.15, -0.1) is 0 Å². The highest BCUT2D eigenvalue weighted by Gasteiger charge is 1.98. The molecule has 0 bridgehead atoms. The highest BCUT2D eigenvalue weighted by molar-refractivity contribution is 5.93. The average molecular weight is 209 g/mol. The second-order valence-corrected chi connectivity index (χ2v) is 2.79. The van der Waals surface area contributed by atoms with Crippen LogP contribution in [0.3, 0.4) is 0 Å². The fourth-order valence-electron chi connectivity index (χ4n) is 0.970. The maximum atomic E-state index is 11.0. The van der Waals surface area contributed by atoms with Crippen LogP contribution < -0.4 is 5.32 Å². The van der Waals surface area contributed by atoms with E-state index in [4.69, 9.17) is 9.52 Å². The van der Waals surface area contributed by atoms with Crippen molar-refractivity contribution in [1.29, 1.82) is 0 Å². The molecule has 0 saturated carbocycles. The highest BCUT2D eigenvalue weighted by atomic mass is 16.4. The van der Waals surface area contributed by atoms with Crippen molar-refractivity contribution in [3.8, 4) is 0 Å². The van der Waals surface area contributed by atoms with Gasteiger partial charge in [0.2, 0.25) is 5.91 Å². The van der Waals surface area contributed by atoms with Crippen molar-refractivity contribution in [3.63, 3.8) is 0 Å². The van der Waals surface area contributed by atoms with Gasteiger partial charge in [-0.2, -0.15) is 0 Å². The molecular weight excluding hydrogens is 198 g/mol. The van der Waals surface area contributed by atoms with Crippen LogP contribution in [0.25, 0.3) is 0 Å². The number of carboxylic acids is 1. The summed E-state index contributed by atoms with van der Waals surface area (Å²) in [5.74, 6) is -0.794. The van der Waals surface area contributed by atoms with E-state index in [0.717, 1.165) is 17.9 Å². The number of carbonyl (C=O) groups is 2. The molecule has 0 spiro atoms. The third-order valence-electron chi connectivity index (χ3n) is 1.63. The van der Waals surface area contributed by atoms with Crippen molar-refractivity contribution in [3.05, 3.63) is 36.3 Å². The van der Waals surface area contributed by atoms with Crippen molar-refractivity contribution < 1.29 is 19.1 Å². The van der Waals surface area contributed by atoms with Gasteiger partial charge in [0.15, 0.2) is 0 Å². The molecule has 5 heteroatoms. The lowest BCUT2D eigenvalue weighted by molar-refractivity contribution is -0.131. The highest BCUT2D eigenvalue weighted by Crippen LogP contribution is 1.99. The van der Waals surface area contributed by atoms with Crippen LogP contribution in [0.5, 0.6) is 0 Å². The molecule has 0 aliphatic carbocycles. The van der Waals surface area contributed by atoms with Crippen LogP contribution in [-0.2, 0) is 16.0 Å². The van der Waals surface area contributed by atoms with Gasteiger partial charge in [0, 0.05) is 25.1 Å². The van der Waals surface area contributed by atoms with Gasteiger partial charge in [0.1, 0.15) is 5.76 Å². The number of carboxylic acid groups (broad SMARTS) is 1. The van der Waals surface area contributed by atoms with Gasteiger partial charge in [-0.3, -0.25) is 4.79 Å². The summed E-state index contributed by atoms with van der Waals surface area (Å²) in [7, 11) is 0. The average Bonchev–Trinajstić information content (AvgIpc) is 2.67. The van der Waals surface area contributed by atoms with Crippen LogP contribution in [0.1, 0.15) is 5.76 Å². The number of carbonyl (C=O) groups excluding carboxylic acids is 1. The quantitative estimate of drug-likeness (QED) is 0.695. The second-order valence-electron chi connectivity index (χ2n) is 2.79. The van der Waals surface area contributed by atoms with Crippen LogP contribution in [0.2, 0.25) is 0 Å². The van der Waals surface area contributed by atoms with Gasteiger partial charge in [0.25, 0.3) is 0 Å². The minimum Gasteiger partial charge on any atom is -0.478 e. The van der Waals surface area contributed by atoms with Gasteiger partial charge in [-0.25, -0.2) is 4.79 Å². The maximum absolute atomic E-state index is 11.0. The Morgan fingerprint density at radius 3 is 2.87 bits per heavy atom. The smallest absolute Gasteiger partial charge is 0.328 e. The third kappa shape index (κ3) is 4.66. The summed E-state index contributed by atoms with van der Waals surface area (Å²) in [6.07, 6.45) is 3.91. The first-order valence-corrected chi connectivity index (χ1v) is 4.39. The molecule has 0 aromatic carbocycles. The Morgan fingerprint density at radius 1 is 1.47 bits per heavy atom. The Bertz CT molecular complexity index is 354. The molecule has 0 aliphatic rings. The molecule has 1 aromatic heterocycles. The van der Waals surface area contributed by atoms with Crippen molar-refractivity contribution in [2.45, 2.75) is 6.42 Å². The zero-order valence-corrected chi connectivity index (χ0v) is 7.97. The topological polar surface area (TPSA) is 79.5 Å². The van der Waals surface area contributed by atoms with Crippen LogP contribution >= 0.6 is 0 Å². The standard InChI is InChI=1S/C10H11NO4/c12-9(3-4-10(13)14)11-6-5-8-2-1-7-15-8/h1-4,7H,5-6H2,(H,11,12)(H,13,14)/b4-3+. The first kappa shape index (κ1) is 11.0. The predicted octanol–water partition coefficient (Wildman–Crippen LogP) is 0.579. The fourth-order valence-corrected chi connectivity index (χ4v) is 0.970. The predicted molar refractivity (Wildman–Crippen MR) is 52.2 cm³/mol. The Kier molecular flexibility index (Phi) is 4.15. The van der Waals surface area contributed by atoms with E-state index in [-0.39, 0.29) is 0 Å². The second kappa shape index (κ2) is 5.64. The summed E-state index contributed by atoms with van der Waals surface area (Å²) in [5.41, 5.74) is 0. The Morgan fingerprint density at radius 2 is 2.27 bits per heavy atom. The molecule has 1 amide bonds.